The standard InChI is InChI=1S/C9H10IN5OS/c1-2-3-15-8(16)13-14-9(15)17-7-6(10)4-11-5-12-7/h4-5H,2-3H2,1H3,(H,13,16). The van der Waals surface area contributed by atoms with E-state index in [-0.39, 0.29) is 5.69 Å². The maximum atomic E-state index is 11.5. The lowest BCUT2D eigenvalue weighted by Gasteiger charge is -2.03. The molecule has 0 saturated carbocycles. The first-order chi connectivity index (χ1) is 8.22. The Morgan fingerprint density at radius 1 is 1.59 bits per heavy atom. The lowest BCUT2D eigenvalue weighted by Crippen LogP contribution is -2.17. The van der Waals surface area contributed by atoms with Gasteiger partial charge in [-0.05, 0) is 40.8 Å². The van der Waals surface area contributed by atoms with Gasteiger partial charge < -0.3 is 0 Å². The zero-order valence-electron chi connectivity index (χ0n) is 9.05. The van der Waals surface area contributed by atoms with Crippen LogP contribution in [0.4, 0.5) is 0 Å². The lowest BCUT2D eigenvalue weighted by atomic mass is 10.5. The molecule has 0 radical (unpaired) electrons. The van der Waals surface area contributed by atoms with Crippen LogP contribution in [0.25, 0.3) is 0 Å². The van der Waals surface area contributed by atoms with Crippen LogP contribution in [0.5, 0.6) is 0 Å². The van der Waals surface area contributed by atoms with Crippen LogP contribution in [0.2, 0.25) is 0 Å². The maximum absolute atomic E-state index is 11.5. The number of halogens is 1. The average Bonchev–Trinajstić information content (AvgIpc) is 2.65. The molecule has 0 bridgehead atoms. The van der Waals surface area contributed by atoms with Crippen molar-refractivity contribution >= 4 is 34.4 Å². The summed E-state index contributed by atoms with van der Waals surface area (Å²) in [4.78, 5) is 19.6. The zero-order valence-corrected chi connectivity index (χ0v) is 12.0. The molecule has 2 aromatic rings. The molecule has 90 valence electrons. The topological polar surface area (TPSA) is 76.5 Å². The number of aromatic amines is 1. The Bertz CT molecular complexity index is 567. The maximum Gasteiger partial charge on any atom is 0.343 e. The van der Waals surface area contributed by atoms with Gasteiger partial charge in [0.15, 0.2) is 5.16 Å². The fraction of sp³-hybridized carbons (Fsp3) is 0.333. The molecular weight excluding hydrogens is 353 g/mol. The van der Waals surface area contributed by atoms with Crippen LogP contribution in [0, 0.1) is 3.57 Å². The van der Waals surface area contributed by atoms with E-state index in [1.807, 2.05) is 6.92 Å². The van der Waals surface area contributed by atoms with E-state index in [0.717, 1.165) is 15.0 Å². The van der Waals surface area contributed by atoms with Crippen LogP contribution in [0.15, 0.2) is 27.5 Å². The first kappa shape index (κ1) is 12.6. The minimum absolute atomic E-state index is 0.182. The molecule has 0 aromatic carbocycles. The van der Waals surface area contributed by atoms with Gasteiger partial charge in [0, 0.05) is 12.7 Å². The Balaban J connectivity index is 2.30. The van der Waals surface area contributed by atoms with Crippen molar-refractivity contribution in [1.29, 1.82) is 0 Å². The molecule has 0 amide bonds. The highest BCUT2D eigenvalue weighted by atomic mass is 127. The third-order valence-electron chi connectivity index (χ3n) is 1.99. The number of nitrogens with zero attached hydrogens (tertiary/aromatic N) is 4. The molecule has 0 spiro atoms. The highest BCUT2D eigenvalue weighted by molar-refractivity contribution is 14.1. The molecule has 0 unspecified atom stereocenters. The Labute approximate surface area is 115 Å². The molecular formula is C9H10IN5OS. The Hall–Kier alpha value is -0.900. The van der Waals surface area contributed by atoms with Crippen molar-refractivity contribution in [2.24, 2.45) is 0 Å². The molecule has 0 aliphatic heterocycles. The molecule has 0 aliphatic carbocycles. The van der Waals surface area contributed by atoms with E-state index in [1.165, 1.54) is 18.1 Å². The number of H-pyrrole nitrogens is 1. The van der Waals surface area contributed by atoms with Gasteiger partial charge in [-0.1, -0.05) is 6.92 Å². The van der Waals surface area contributed by atoms with E-state index < -0.39 is 0 Å². The largest absolute Gasteiger partial charge is 0.343 e. The molecule has 0 saturated heterocycles. The summed E-state index contributed by atoms with van der Waals surface area (Å²) < 4.78 is 2.55. The second kappa shape index (κ2) is 5.63. The predicted octanol–water partition coefficient (Wildman–Crippen LogP) is 1.53. The molecule has 2 heterocycles. The van der Waals surface area contributed by atoms with Gasteiger partial charge in [-0.2, -0.15) is 0 Å². The van der Waals surface area contributed by atoms with Crippen LogP contribution in [-0.2, 0) is 6.54 Å². The summed E-state index contributed by atoms with van der Waals surface area (Å²) in [5.41, 5.74) is -0.182. The van der Waals surface area contributed by atoms with E-state index in [0.29, 0.717) is 11.7 Å². The molecule has 0 aliphatic rings. The summed E-state index contributed by atoms with van der Waals surface area (Å²) in [5.74, 6) is 0. The molecule has 17 heavy (non-hydrogen) atoms. The van der Waals surface area contributed by atoms with E-state index in [1.54, 1.807) is 10.8 Å². The third-order valence-corrected chi connectivity index (χ3v) is 4.16. The van der Waals surface area contributed by atoms with Gasteiger partial charge in [-0.3, -0.25) is 4.57 Å². The molecule has 1 N–H and O–H groups in total. The molecule has 6 nitrogen and oxygen atoms in total. The Morgan fingerprint density at radius 3 is 3.12 bits per heavy atom. The van der Waals surface area contributed by atoms with Gasteiger partial charge in [-0.15, -0.1) is 5.10 Å². The Kier molecular flexibility index (Phi) is 4.15. The first-order valence-corrected chi connectivity index (χ1v) is 6.90. The molecule has 2 aromatic heterocycles. The summed E-state index contributed by atoms with van der Waals surface area (Å²) in [6.07, 6.45) is 4.10. The van der Waals surface area contributed by atoms with Crippen LogP contribution in [0.3, 0.4) is 0 Å². The summed E-state index contributed by atoms with van der Waals surface area (Å²) in [5, 5.41) is 7.88. The minimum atomic E-state index is -0.182. The van der Waals surface area contributed by atoms with Crippen LogP contribution in [-0.4, -0.2) is 24.7 Å². The van der Waals surface area contributed by atoms with Crippen molar-refractivity contribution in [2.45, 2.75) is 30.1 Å². The van der Waals surface area contributed by atoms with E-state index in [4.69, 9.17) is 0 Å². The monoisotopic (exact) mass is 363 g/mol. The van der Waals surface area contributed by atoms with Crippen molar-refractivity contribution in [3.05, 3.63) is 26.6 Å². The molecule has 0 atom stereocenters. The quantitative estimate of drug-likeness (QED) is 0.659. The van der Waals surface area contributed by atoms with Crippen LogP contribution in [0.1, 0.15) is 13.3 Å². The second-order valence-corrected chi connectivity index (χ2v) is 5.36. The number of hydrogen-bond donors (Lipinski definition) is 1. The summed E-state index contributed by atoms with van der Waals surface area (Å²) in [7, 11) is 0. The molecule has 8 heteroatoms. The van der Waals surface area contributed by atoms with Crippen molar-refractivity contribution < 1.29 is 0 Å². The second-order valence-electron chi connectivity index (χ2n) is 3.24. The fourth-order valence-electron chi connectivity index (χ4n) is 1.26. The van der Waals surface area contributed by atoms with E-state index >= 15 is 0 Å². The predicted molar refractivity (Wildman–Crippen MR) is 72.0 cm³/mol. The van der Waals surface area contributed by atoms with Crippen molar-refractivity contribution in [3.63, 3.8) is 0 Å². The van der Waals surface area contributed by atoms with Gasteiger partial charge in [-0.25, -0.2) is 19.9 Å². The summed E-state index contributed by atoms with van der Waals surface area (Å²) >= 11 is 3.52. The minimum Gasteiger partial charge on any atom is -0.270 e. The van der Waals surface area contributed by atoms with Gasteiger partial charge >= 0.3 is 5.69 Å². The van der Waals surface area contributed by atoms with E-state index in [2.05, 4.69) is 42.8 Å². The van der Waals surface area contributed by atoms with Crippen molar-refractivity contribution in [1.82, 2.24) is 24.7 Å². The fourth-order valence-corrected chi connectivity index (χ4v) is 2.69. The van der Waals surface area contributed by atoms with Crippen LogP contribution >= 0.6 is 34.4 Å². The lowest BCUT2D eigenvalue weighted by molar-refractivity contribution is 0.603. The smallest absolute Gasteiger partial charge is 0.270 e. The van der Waals surface area contributed by atoms with Crippen molar-refractivity contribution in [3.8, 4) is 0 Å². The van der Waals surface area contributed by atoms with Gasteiger partial charge in [0.2, 0.25) is 0 Å². The van der Waals surface area contributed by atoms with E-state index in [9.17, 15) is 4.79 Å². The summed E-state index contributed by atoms with van der Waals surface area (Å²) in [6, 6.07) is 0. The highest BCUT2D eigenvalue weighted by Gasteiger charge is 2.11. The Morgan fingerprint density at radius 2 is 2.41 bits per heavy atom. The zero-order chi connectivity index (χ0) is 12.3. The van der Waals surface area contributed by atoms with Crippen molar-refractivity contribution in [2.75, 3.05) is 0 Å². The van der Waals surface area contributed by atoms with Crippen LogP contribution < -0.4 is 5.69 Å². The third kappa shape index (κ3) is 2.86. The molecule has 0 fully saturated rings. The normalized spacial score (nSPS) is 10.7. The average molecular weight is 363 g/mol. The summed E-state index contributed by atoms with van der Waals surface area (Å²) in [6.45, 7) is 2.67. The SMILES string of the molecule is CCCn1c(Sc2ncncc2I)n[nH]c1=O. The molecule has 2 rings (SSSR count). The number of aromatic nitrogens is 5. The number of hydrogen-bond acceptors (Lipinski definition) is 5. The number of rotatable bonds is 4. The first-order valence-electron chi connectivity index (χ1n) is 5.01. The highest BCUT2D eigenvalue weighted by Crippen LogP contribution is 2.26. The van der Waals surface area contributed by atoms with Gasteiger partial charge in [0.05, 0.1) is 3.57 Å². The number of nitrogens with one attached hydrogen (secondary N) is 1. The van der Waals surface area contributed by atoms with Gasteiger partial charge in [0.1, 0.15) is 11.4 Å². The van der Waals surface area contributed by atoms with Gasteiger partial charge in [0.25, 0.3) is 0 Å².